The lowest BCUT2D eigenvalue weighted by Gasteiger charge is -2.17. The molecule has 4 rings (SSSR count). The number of H-pyrrole nitrogens is 1. The van der Waals surface area contributed by atoms with Gasteiger partial charge in [-0.1, -0.05) is 23.2 Å². The van der Waals surface area contributed by atoms with E-state index < -0.39 is 0 Å². The molecule has 3 aromatic rings. The number of aromatic amines is 1. The summed E-state index contributed by atoms with van der Waals surface area (Å²) >= 11 is 14.2. The smallest absolute Gasteiger partial charge is 0.257 e. The minimum Gasteiger partial charge on any atom is -0.456 e. The van der Waals surface area contributed by atoms with E-state index in [0.717, 1.165) is 24.4 Å². The highest BCUT2D eigenvalue weighted by Crippen LogP contribution is 2.32. The minimum absolute atomic E-state index is 0.229. The van der Waals surface area contributed by atoms with Gasteiger partial charge in [0, 0.05) is 47.0 Å². The van der Waals surface area contributed by atoms with E-state index in [0.29, 0.717) is 32.8 Å². The van der Waals surface area contributed by atoms with E-state index in [1.165, 1.54) is 12.3 Å². The Hall–Kier alpha value is -2.61. The van der Waals surface area contributed by atoms with Gasteiger partial charge in [-0.3, -0.25) is 9.59 Å². The first-order valence-corrected chi connectivity index (χ1v) is 10.9. The van der Waals surface area contributed by atoms with Crippen molar-refractivity contribution in [2.75, 3.05) is 21.9 Å². The van der Waals surface area contributed by atoms with E-state index in [-0.39, 0.29) is 11.5 Å². The Labute approximate surface area is 187 Å². The number of anilines is 2. The quantitative estimate of drug-likeness (QED) is 0.484. The number of halogens is 2. The van der Waals surface area contributed by atoms with Crippen LogP contribution in [-0.2, 0) is 0 Å². The molecule has 0 spiro atoms. The summed E-state index contributed by atoms with van der Waals surface area (Å²) in [5.74, 6) is 1.57. The zero-order chi connectivity index (χ0) is 21.1. The van der Waals surface area contributed by atoms with Crippen LogP contribution in [0.15, 0.2) is 59.5 Å². The Morgan fingerprint density at radius 2 is 1.97 bits per heavy atom. The normalized spacial score (nSPS) is 13.3. The maximum Gasteiger partial charge on any atom is 0.257 e. The van der Waals surface area contributed by atoms with Gasteiger partial charge >= 0.3 is 0 Å². The number of hydrogen-bond acceptors (Lipinski definition) is 5. The number of pyridine rings is 1. The molecule has 1 fully saturated rings. The summed E-state index contributed by atoms with van der Waals surface area (Å²) in [6.45, 7) is 0.938. The molecule has 1 saturated heterocycles. The van der Waals surface area contributed by atoms with Crippen molar-refractivity contribution in [3.05, 3.63) is 80.7 Å². The zero-order valence-electron chi connectivity index (χ0n) is 15.7. The second-order valence-corrected chi connectivity index (χ2v) is 8.52. The molecule has 0 bridgehead atoms. The summed E-state index contributed by atoms with van der Waals surface area (Å²) in [7, 11) is 0. The predicted molar refractivity (Wildman–Crippen MR) is 122 cm³/mol. The van der Waals surface area contributed by atoms with Crippen LogP contribution in [-0.4, -0.2) is 23.2 Å². The molecule has 2 heterocycles. The SMILES string of the molecule is O=C(Nc1cc(Cl)cc(Oc2ccc(=O)[nH]c2)c1)c1cc(N2CCCS2)ccc1Cl. The second kappa shape index (κ2) is 9.04. The molecule has 2 N–H and O–H groups in total. The highest BCUT2D eigenvalue weighted by molar-refractivity contribution is 8.00. The fourth-order valence-corrected chi connectivity index (χ4v) is 4.41. The summed E-state index contributed by atoms with van der Waals surface area (Å²) in [4.78, 5) is 26.6. The summed E-state index contributed by atoms with van der Waals surface area (Å²) < 4.78 is 7.87. The third-order valence-corrected chi connectivity index (χ3v) is 6.08. The molecule has 1 aromatic heterocycles. The Morgan fingerprint density at radius 1 is 1.10 bits per heavy atom. The predicted octanol–water partition coefficient (Wildman–Crippen LogP) is 5.58. The van der Waals surface area contributed by atoms with Gasteiger partial charge in [0.05, 0.1) is 10.6 Å². The monoisotopic (exact) mass is 461 g/mol. The Kier molecular flexibility index (Phi) is 6.22. The van der Waals surface area contributed by atoms with E-state index in [1.54, 1.807) is 48.3 Å². The molecule has 9 heteroatoms. The first-order chi connectivity index (χ1) is 14.5. The molecule has 2 aromatic carbocycles. The van der Waals surface area contributed by atoms with Crippen molar-refractivity contribution in [3.63, 3.8) is 0 Å². The van der Waals surface area contributed by atoms with E-state index >= 15 is 0 Å². The fourth-order valence-electron chi connectivity index (χ4n) is 2.98. The molecule has 0 saturated carbocycles. The number of aromatic nitrogens is 1. The van der Waals surface area contributed by atoms with Crippen LogP contribution < -0.4 is 19.9 Å². The summed E-state index contributed by atoms with van der Waals surface area (Å²) in [6.07, 6.45) is 2.55. The van der Waals surface area contributed by atoms with Gasteiger partial charge in [0.2, 0.25) is 5.56 Å². The van der Waals surface area contributed by atoms with Crippen molar-refractivity contribution < 1.29 is 9.53 Å². The molecule has 1 amide bonds. The lowest BCUT2D eigenvalue weighted by atomic mass is 10.1. The van der Waals surface area contributed by atoms with Gasteiger partial charge in [-0.15, -0.1) is 0 Å². The van der Waals surface area contributed by atoms with Crippen LogP contribution in [0.1, 0.15) is 16.8 Å². The van der Waals surface area contributed by atoms with E-state index in [1.807, 2.05) is 6.07 Å². The molecule has 1 aliphatic rings. The van der Waals surface area contributed by atoms with Crippen molar-refractivity contribution in [2.24, 2.45) is 0 Å². The number of carbonyl (C=O) groups is 1. The van der Waals surface area contributed by atoms with E-state index in [4.69, 9.17) is 27.9 Å². The molecule has 154 valence electrons. The molecule has 0 unspecified atom stereocenters. The Bertz CT molecular complexity index is 1130. The molecular formula is C21H17Cl2N3O3S. The number of amides is 1. The fraction of sp³-hybridized carbons (Fsp3) is 0.143. The molecule has 0 radical (unpaired) electrons. The molecular weight excluding hydrogens is 445 g/mol. The van der Waals surface area contributed by atoms with Crippen LogP contribution in [0.5, 0.6) is 11.5 Å². The van der Waals surface area contributed by atoms with Gasteiger partial charge in [-0.2, -0.15) is 0 Å². The molecule has 0 atom stereocenters. The van der Waals surface area contributed by atoms with Crippen molar-refractivity contribution in [1.29, 1.82) is 0 Å². The molecule has 6 nitrogen and oxygen atoms in total. The van der Waals surface area contributed by atoms with E-state index in [2.05, 4.69) is 14.6 Å². The van der Waals surface area contributed by atoms with Crippen LogP contribution in [0.4, 0.5) is 11.4 Å². The van der Waals surface area contributed by atoms with Crippen LogP contribution in [0.3, 0.4) is 0 Å². The average molecular weight is 462 g/mol. The number of nitrogens with zero attached hydrogens (tertiary/aromatic N) is 1. The third kappa shape index (κ3) is 4.92. The minimum atomic E-state index is -0.344. The van der Waals surface area contributed by atoms with Crippen molar-refractivity contribution in [2.45, 2.75) is 6.42 Å². The maximum atomic E-state index is 12.9. The lowest BCUT2D eigenvalue weighted by Crippen LogP contribution is -2.15. The van der Waals surface area contributed by atoms with Gasteiger partial charge in [0.25, 0.3) is 5.91 Å². The van der Waals surface area contributed by atoms with Gasteiger partial charge in [-0.25, -0.2) is 0 Å². The highest BCUT2D eigenvalue weighted by atomic mass is 35.5. The number of carbonyl (C=O) groups excluding carboxylic acids is 1. The maximum absolute atomic E-state index is 12.9. The molecule has 30 heavy (non-hydrogen) atoms. The van der Waals surface area contributed by atoms with Crippen LogP contribution in [0, 0.1) is 0 Å². The Balaban J connectivity index is 1.54. The van der Waals surface area contributed by atoms with Crippen molar-refractivity contribution in [3.8, 4) is 11.5 Å². The summed E-state index contributed by atoms with van der Waals surface area (Å²) in [6, 6.07) is 13.2. The highest BCUT2D eigenvalue weighted by Gasteiger charge is 2.18. The number of benzene rings is 2. The first kappa shape index (κ1) is 20.7. The van der Waals surface area contributed by atoms with Gasteiger partial charge in [0.1, 0.15) is 11.5 Å². The number of rotatable bonds is 5. The molecule has 1 aliphatic heterocycles. The molecule has 0 aliphatic carbocycles. The number of hydrogen-bond donors (Lipinski definition) is 2. The van der Waals surface area contributed by atoms with Crippen LogP contribution >= 0.6 is 35.1 Å². The first-order valence-electron chi connectivity index (χ1n) is 9.16. The third-order valence-electron chi connectivity index (χ3n) is 4.36. The zero-order valence-corrected chi connectivity index (χ0v) is 18.0. The van der Waals surface area contributed by atoms with Crippen LogP contribution in [0.2, 0.25) is 10.0 Å². The lowest BCUT2D eigenvalue weighted by molar-refractivity contribution is 0.102. The second-order valence-electron chi connectivity index (χ2n) is 6.57. The van der Waals surface area contributed by atoms with Gasteiger partial charge in [0.15, 0.2) is 0 Å². The Morgan fingerprint density at radius 3 is 2.70 bits per heavy atom. The largest absolute Gasteiger partial charge is 0.456 e. The van der Waals surface area contributed by atoms with Gasteiger partial charge in [-0.05, 0) is 54.8 Å². The van der Waals surface area contributed by atoms with E-state index in [9.17, 15) is 9.59 Å². The topological polar surface area (TPSA) is 74.4 Å². The summed E-state index contributed by atoms with van der Waals surface area (Å²) in [5, 5.41) is 3.58. The van der Waals surface area contributed by atoms with Crippen LogP contribution in [0.25, 0.3) is 0 Å². The van der Waals surface area contributed by atoms with Crippen molar-refractivity contribution >= 4 is 52.4 Å². The number of ether oxygens (including phenoxy) is 1. The van der Waals surface area contributed by atoms with Gasteiger partial charge < -0.3 is 19.3 Å². The summed E-state index contributed by atoms with van der Waals surface area (Å²) in [5.41, 5.74) is 1.56. The standard InChI is InChI=1S/C21H17Cl2N3O3S/c22-13-8-14(10-17(9-13)29-16-3-5-20(27)24-12-16)25-21(28)18-11-15(2-4-19(18)23)26-6-1-7-30-26/h2-5,8-12H,1,6-7H2,(H,24,27)(H,25,28). The van der Waals surface area contributed by atoms with Crippen molar-refractivity contribution in [1.82, 2.24) is 4.98 Å². The average Bonchev–Trinajstić information content (AvgIpc) is 3.24. The number of nitrogens with one attached hydrogen (secondary N) is 2.